The fourth-order valence-electron chi connectivity index (χ4n) is 2.37. The summed E-state index contributed by atoms with van der Waals surface area (Å²) in [6.07, 6.45) is 3.64. The second-order valence-electron chi connectivity index (χ2n) is 5.06. The minimum atomic E-state index is -0.914. The van der Waals surface area contributed by atoms with Gasteiger partial charge in [-0.15, -0.1) is 11.8 Å². The first-order valence-electron chi connectivity index (χ1n) is 6.48. The summed E-state index contributed by atoms with van der Waals surface area (Å²) < 4.78 is 0. The second kappa shape index (κ2) is 5.48. The Balaban J connectivity index is 2.12. The van der Waals surface area contributed by atoms with E-state index < -0.39 is 18.1 Å². The van der Waals surface area contributed by atoms with Crippen molar-refractivity contribution in [1.82, 2.24) is 4.90 Å². The summed E-state index contributed by atoms with van der Waals surface area (Å²) in [4.78, 5) is 25.1. The molecule has 0 aromatic rings. The molecule has 6 heteroatoms. The SMILES string of the molecule is CCCC(N)C(=O)N1C(C(=O)O)CSC1C1CC1. The highest BCUT2D eigenvalue weighted by atomic mass is 32.2. The number of rotatable bonds is 5. The summed E-state index contributed by atoms with van der Waals surface area (Å²) in [7, 11) is 0. The number of nitrogens with two attached hydrogens (primary N) is 1. The number of hydrogen-bond acceptors (Lipinski definition) is 4. The monoisotopic (exact) mass is 272 g/mol. The summed E-state index contributed by atoms with van der Waals surface area (Å²) in [5, 5.41) is 9.25. The predicted molar refractivity (Wildman–Crippen MR) is 70.1 cm³/mol. The van der Waals surface area contributed by atoms with Gasteiger partial charge in [0.25, 0.3) is 0 Å². The number of nitrogens with zero attached hydrogens (tertiary/aromatic N) is 1. The van der Waals surface area contributed by atoms with Crippen LogP contribution in [0, 0.1) is 5.92 Å². The van der Waals surface area contributed by atoms with Gasteiger partial charge in [-0.25, -0.2) is 4.79 Å². The van der Waals surface area contributed by atoms with Crippen LogP contribution in [0.1, 0.15) is 32.6 Å². The van der Waals surface area contributed by atoms with E-state index >= 15 is 0 Å². The molecule has 3 unspecified atom stereocenters. The maximum Gasteiger partial charge on any atom is 0.327 e. The lowest BCUT2D eigenvalue weighted by Gasteiger charge is -2.29. The Morgan fingerprint density at radius 1 is 1.50 bits per heavy atom. The molecule has 1 saturated heterocycles. The summed E-state index contributed by atoms with van der Waals surface area (Å²) in [6.45, 7) is 1.97. The average molecular weight is 272 g/mol. The quantitative estimate of drug-likeness (QED) is 0.776. The topological polar surface area (TPSA) is 83.6 Å². The van der Waals surface area contributed by atoms with Gasteiger partial charge < -0.3 is 15.7 Å². The maximum absolute atomic E-state index is 12.3. The number of carbonyl (C=O) groups is 2. The zero-order valence-electron chi connectivity index (χ0n) is 10.5. The van der Waals surface area contributed by atoms with Gasteiger partial charge in [0.15, 0.2) is 0 Å². The van der Waals surface area contributed by atoms with Gasteiger partial charge in [-0.05, 0) is 25.2 Å². The van der Waals surface area contributed by atoms with Crippen LogP contribution >= 0.6 is 11.8 Å². The standard InChI is InChI=1S/C12H20N2O3S/c1-2-3-8(13)10(15)14-9(12(16)17)6-18-11(14)7-4-5-7/h7-9,11H,2-6,13H2,1H3,(H,16,17). The molecule has 1 aliphatic heterocycles. The largest absolute Gasteiger partial charge is 0.480 e. The maximum atomic E-state index is 12.3. The van der Waals surface area contributed by atoms with Crippen molar-refractivity contribution in [2.24, 2.45) is 11.7 Å². The van der Waals surface area contributed by atoms with E-state index in [-0.39, 0.29) is 11.3 Å². The number of thioether (sulfide) groups is 1. The molecule has 0 aromatic carbocycles. The fourth-order valence-corrected chi connectivity index (χ4v) is 4.01. The average Bonchev–Trinajstić information content (AvgIpc) is 3.07. The molecule has 18 heavy (non-hydrogen) atoms. The molecule has 0 aromatic heterocycles. The van der Waals surface area contributed by atoms with E-state index in [0.717, 1.165) is 19.3 Å². The minimum Gasteiger partial charge on any atom is -0.480 e. The predicted octanol–water partition coefficient (Wildman–Crippen LogP) is 0.879. The van der Waals surface area contributed by atoms with Gasteiger partial charge in [-0.3, -0.25) is 4.79 Å². The second-order valence-corrected chi connectivity index (χ2v) is 6.21. The Kier molecular flexibility index (Phi) is 4.17. The lowest BCUT2D eigenvalue weighted by atomic mass is 10.1. The third-order valence-corrected chi connectivity index (χ3v) is 4.98. The van der Waals surface area contributed by atoms with Crippen LogP contribution in [-0.2, 0) is 9.59 Å². The Hall–Kier alpha value is -0.750. The normalized spacial score (nSPS) is 29.3. The van der Waals surface area contributed by atoms with Gasteiger partial charge in [0.2, 0.25) is 5.91 Å². The molecule has 0 bridgehead atoms. The molecular weight excluding hydrogens is 252 g/mol. The minimum absolute atomic E-state index is 0.0292. The van der Waals surface area contributed by atoms with Crippen molar-refractivity contribution in [2.45, 2.75) is 50.1 Å². The molecule has 1 aliphatic carbocycles. The molecule has 3 atom stereocenters. The zero-order valence-corrected chi connectivity index (χ0v) is 11.4. The van der Waals surface area contributed by atoms with E-state index in [1.54, 1.807) is 16.7 Å². The summed E-state index contributed by atoms with van der Waals surface area (Å²) >= 11 is 1.59. The Labute approximate surface area is 111 Å². The van der Waals surface area contributed by atoms with E-state index in [4.69, 9.17) is 5.73 Å². The Bertz CT molecular complexity index is 346. The van der Waals surface area contributed by atoms with Crippen LogP contribution in [-0.4, -0.2) is 45.1 Å². The van der Waals surface area contributed by atoms with Gasteiger partial charge in [0.1, 0.15) is 6.04 Å². The first kappa shape index (κ1) is 13.7. The van der Waals surface area contributed by atoms with Crippen molar-refractivity contribution in [3.05, 3.63) is 0 Å². The number of aliphatic carboxylic acids is 1. The van der Waals surface area contributed by atoms with Gasteiger partial charge in [0, 0.05) is 5.75 Å². The van der Waals surface area contributed by atoms with Crippen molar-refractivity contribution in [1.29, 1.82) is 0 Å². The van der Waals surface area contributed by atoms with Crippen LogP contribution in [0.3, 0.4) is 0 Å². The molecule has 102 valence electrons. The van der Waals surface area contributed by atoms with Crippen LogP contribution < -0.4 is 5.73 Å². The highest BCUT2D eigenvalue weighted by Crippen LogP contribution is 2.45. The van der Waals surface area contributed by atoms with Crippen molar-refractivity contribution in [3.8, 4) is 0 Å². The molecule has 0 radical (unpaired) electrons. The first-order chi connectivity index (χ1) is 8.56. The summed E-state index contributed by atoms with van der Waals surface area (Å²) in [6, 6.07) is -1.26. The fraction of sp³-hybridized carbons (Fsp3) is 0.833. The lowest BCUT2D eigenvalue weighted by Crippen LogP contribution is -2.52. The van der Waals surface area contributed by atoms with Crippen LogP contribution in [0.5, 0.6) is 0 Å². The van der Waals surface area contributed by atoms with Gasteiger partial charge in [-0.2, -0.15) is 0 Å². The Morgan fingerprint density at radius 2 is 2.17 bits per heavy atom. The highest BCUT2D eigenvalue weighted by molar-refractivity contribution is 8.00. The molecule has 3 N–H and O–H groups in total. The van der Waals surface area contributed by atoms with Crippen LogP contribution in [0.15, 0.2) is 0 Å². The smallest absolute Gasteiger partial charge is 0.327 e. The first-order valence-corrected chi connectivity index (χ1v) is 7.53. The van der Waals surface area contributed by atoms with Gasteiger partial charge in [-0.1, -0.05) is 13.3 Å². The molecule has 2 fully saturated rings. The molecule has 1 saturated carbocycles. The number of amides is 1. The van der Waals surface area contributed by atoms with Crippen molar-refractivity contribution in [2.75, 3.05) is 5.75 Å². The van der Waals surface area contributed by atoms with Gasteiger partial charge >= 0.3 is 5.97 Å². The third kappa shape index (κ3) is 2.64. The molecular formula is C12H20N2O3S. The van der Waals surface area contributed by atoms with Crippen LogP contribution in [0.4, 0.5) is 0 Å². The molecule has 1 heterocycles. The number of carboxylic acid groups (broad SMARTS) is 1. The van der Waals surface area contributed by atoms with Crippen molar-refractivity contribution >= 4 is 23.6 Å². The number of hydrogen-bond donors (Lipinski definition) is 2. The third-order valence-electron chi connectivity index (χ3n) is 3.52. The molecule has 1 amide bonds. The van der Waals surface area contributed by atoms with E-state index in [1.807, 2.05) is 6.92 Å². The Morgan fingerprint density at radius 3 is 2.67 bits per heavy atom. The van der Waals surface area contributed by atoms with Crippen molar-refractivity contribution in [3.63, 3.8) is 0 Å². The number of carbonyl (C=O) groups excluding carboxylic acids is 1. The zero-order chi connectivity index (χ0) is 13.3. The molecule has 5 nitrogen and oxygen atoms in total. The molecule has 2 rings (SSSR count). The summed E-state index contributed by atoms with van der Waals surface area (Å²) in [5.41, 5.74) is 5.86. The highest BCUT2D eigenvalue weighted by Gasteiger charge is 2.48. The van der Waals surface area contributed by atoms with Gasteiger partial charge in [0.05, 0.1) is 11.4 Å². The lowest BCUT2D eigenvalue weighted by molar-refractivity contribution is -0.149. The number of carboxylic acids is 1. The molecule has 0 spiro atoms. The van der Waals surface area contributed by atoms with Crippen LogP contribution in [0.2, 0.25) is 0 Å². The van der Waals surface area contributed by atoms with Crippen molar-refractivity contribution < 1.29 is 14.7 Å². The van der Waals surface area contributed by atoms with E-state index in [9.17, 15) is 14.7 Å². The summed E-state index contributed by atoms with van der Waals surface area (Å²) in [5.74, 6) is -0.146. The molecule has 2 aliphatic rings. The van der Waals surface area contributed by atoms with E-state index in [0.29, 0.717) is 18.1 Å². The van der Waals surface area contributed by atoms with Crippen LogP contribution in [0.25, 0.3) is 0 Å². The van der Waals surface area contributed by atoms with E-state index in [1.165, 1.54) is 0 Å². The van der Waals surface area contributed by atoms with E-state index in [2.05, 4.69) is 0 Å².